The standard InChI is InChI=1S/C7H9F2N2S/c1-5-3-10-11(4-6(8)9)7(5)12-2/h6H,4H2,1-2H3. The highest BCUT2D eigenvalue weighted by atomic mass is 32.2. The van der Waals surface area contributed by atoms with Crippen molar-refractivity contribution in [3.05, 3.63) is 11.8 Å². The van der Waals surface area contributed by atoms with Gasteiger partial charge in [-0.05, 0) is 13.2 Å². The number of hydrogen-bond donors (Lipinski definition) is 0. The zero-order chi connectivity index (χ0) is 9.14. The largest absolute Gasteiger partial charge is 0.257 e. The van der Waals surface area contributed by atoms with Crippen molar-refractivity contribution >= 4 is 11.8 Å². The predicted octanol–water partition coefficient (Wildman–Crippen LogP) is 1.98. The first-order chi connectivity index (χ1) is 5.65. The maximum Gasteiger partial charge on any atom is 0.257 e. The molecule has 0 atom stereocenters. The van der Waals surface area contributed by atoms with Crippen molar-refractivity contribution in [3.8, 4) is 0 Å². The summed E-state index contributed by atoms with van der Waals surface area (Å²) in [6, 6.07) is 0. The molecular weight excluding hydrogens is 182 g/mol. The fourth-order valence-corrected chi connectivity index (χ4v) is 1.61. The van der Waals surface area contributed by atoms with Crippen LogP contribution in [-0.2, 0) is 6.54 Å². The molecule has 5 heteroatoms. The van der Waals surface area contributed by atoms with Crippen molar-refractivity contribution in [2.45, 2.75) is 24.9 Å². The van der Waals surface area contributed by atoms with Gasteiger partial charge in [0.25, 0.3) is 6.43 Å². The summed E-state index contributed by atoms with van der Waals surface area (Å²) in [5, 5.41) is 4.48. The van der Waals surface area contributed by atoms with Crippen LogP contribution in [-0.4, -0.2) is 22.5 Å². The van der Waals surface area contributed by atoms with Gasteiger partial charge in [0.05, 0.1) is 5.03 Å². The average molecular weight is 191 g/mol. The number of thioether (sulfide) groups is 1. The summed E-state index contributed by atoms with van der Waals surface area (Å²) in [6.45, 7) is 1.46. The first-order valence-corrected chi connectivity index (χ1v) is 4.65. The highest BCUT2D eigenvalue weighted by molar-refractivity contribution is 7.98. The van der Waals surface area contributed by atoms with Gasteiger partial charge in [0.15, 0.2) is 0 Å². The van der Waals surface area contributed by atoms with Crippen LogP contribution in [0.2, 0.25) is 0 Å². The van der Waals surface area contributed by atoms with Crippen LogP contribution in [0, 0.1) is 13.1 Å². The number of hydrogen-bond acceptors (Lipinski definition) is 2. The Labute approximate surface area is 74.0 Å². The molecule has 0 amide bonds. The van der Waals surface area contributed by atoms with Gasteiger partial charge in [0.1, 0.15) is 12.7 Å². The average Bonchev–Trinajstić information content (AvgIpc) is 2.30. The van der Waals surface area contributed by atoms with Crippen molar-refractivity contribution in [2.75, 3.05) is 6.26 Å². The maximum atomic E-state index is 12.0. The summed E-state index contributed by atoms with van der Waals surface area (Å²) in [6.07, 6.45) is 2.13. The monoisotopic (exact) mass is 191 g/mol. The van der Waals surface area contributed by atoms with E-state index in [2.05, 4.69) is 11.3 Å². The van der Waals surface area contributed by atoms with Gasteiger partial charge in [-0.1, -0.05) is 0 Å². The summed E-state index contributed by atoms with van der Waals surface area (Å²) < 4.78 is 25.2. The van der Waals surface area contributed by atoms with Crippen molar-refractivity contribution in [2.24, 2.45) is 0 Å². The second-order valence-corrected chi connectivity index (χ2v) is 3.11. The minimum absolute atomic E-state index is 0.347. The second kappa shape index (κ2) is 3.89. The molecule has 0 aliphatic heterocycles. The Bertz CT molecular complexity index is 260. The molecule has 0 saturated carbocycles. The molecule has 0 aliphatic rings. The third-order valence-corrected chi connectivity index (χ3v) is 2.30. The third-order valence-electron chi connectivity index (χ3n) is 1.40. The number of nitrogens with zero attached hydrogens (tertiary/aromatic N) is 2. The lowest BCUT2D eigenvalue weighted by Crippen LogP contribution is -2.08. The van der Waals surface area contributed by atoms with Gasteiger partial charge in [0.2, 0.25) is 0 Å². The molecule has 12 heavy (non-hydrogen) atoms. The van der Waals surface area contributed by atoms with Crippen LogP contribution in [0.5, 0.6) is 0 Å². The van der Waals surface area contributed by atoms with Gasteiger partial charge in [-0.3, -0.25) is 4.68 Å². The molecule has 0 saturated heterocycles. The van der Waals surface area contributed by atoms with Crippen LogP contribution in [0.1, 0.15) is 5.56 Å². The first-order valence-electron chi connectivity index (χ1n) is 3.42. The van der Waals surface area contributed by atoms with Crippen LogP contribution in [0.25, 0.3) is 0 Å². The highest BCUT2D eigenvalue weighted by Gasteiger charge is 2.10. The second-order valence-electron chi connectivity index (χ2n) is 2.32. The highest BCUT2D eigenvalue weighted by Crippen LogP contribution is 2.19. The van der Waals surface area contributed by atoms with E-state index >= 15 is 0 Å². The Morgan fingerprint density at radius 1 is 1.67 bits per heavy atom. The van der Waals surface area contributed by atoms with E-state index in [1.54, 1.807) is 6.92 Å². The number of aromatic nitrogens is 2. The predicted molar refractivity (Wildman–Crippen MR) is 43.6 cm³/mol. The molecule has 2 nitrogen and oxygen atoms in total. The molecule has 0 aliphatic carbocycles. The van der Waals surface area contributed by atoms with E-state index in [1.807, 2.05) is 6.26 Å². The number of aryl methyl sites for hydroxylation is 1. The van der Waals surface area contributed by atoms with Gasteiger partial charge in [-0.25, -0.2) is 8.78 Å². The zero-order valence-electron chi connectivity index (χ0n) is 6.84. The lowest BCUT2D eigenvalue weighted by molar-refractivity contribution is 0.118. The van der Waals surface area contributed by atoms with Gasteiger partial charge < -0.3 is 0 Å². The molecule has 1 radical (unpaired) electrons. The number of alkyl halides is 2. The van der Waals surface area contributed by atoms with E-state index < -0.39 is 6.43 Å². The summed E-state index contributed by atoms with van der Waals surface area (Å²) in [4.78, 5) is 0. The molecule has 1 heterocycles. The van der Waals surface area contributed by atoms with Gasteiger partial charge in [-0.15, -0.1) is 11.8 Å². The van der Waals surface area contributed by atoms with Crippen molar-refractivity contribution in [1.29, 1.82) is 0 Å². The SMILES string of the molecule is CSc1c(C)[c]nn1CC(F)F. The molecule has 0 fully saturated rings. The van der Waals surface area contributed by atoms with E-state index in [9.17, 15) is 8.78 Å². The first kappa shape index (κ1) is 9.51. The van der Waals surface area contributed by atoms with E-state index in [0.717, 1.165) is 10.6 Å². The van der Waals surface area contributed by atoms with E-state index in [1.165, 1.54) is 16.4 Å². The molecule has 67 valence electrons. The summed E-state index contributed by atoms with van der Waals surface area (Å²) >= 11 is 1.41. The Morgan fingerprint density at radius 2 is 2.33 bits per heavy atom. The Hall–Kier alpha value is -0.580. The van der Waals surface area contributed by atoms with E-state index in [4.69, 9.17) is 0 Å². The molecule has 0 unspecified atom stereocenters. The Morgan fingerprint density at radius 3 is 2.83 bits per heavy atom. The van der Waals surface area contributed by atoms with Crippen LogP contribution in [0.15, 0.2) is 5.03 Å². The van der Waals surface area contributed by atoms with E-state index in [0.29, 0.717) is 0 Å². The zero-order valence-corrected chi connectivity index (χ0v) is 7.66. The molecule has 1 aromatic rings. The smallest absolute Gasteiger partial charge is 0.252 e. The van der Waals surface area contributed by atoms with Crippen LogP contribution >= 0.6 is 11.8 Å². The quantitative estimate of drug-likeness (QED) is 0.680. The fraction of sp³-hybridized carbons (Fsp3) is 0.571. The summed E-state index contributed by atoms with van der Waals surface area (Å²) in [5.74, 6) is 0. The third kappa shape index (κ3) is 1.97. The van der Waals surface area contributed by atoms with Crippen molar-refractivity contribution in [1.82, 2.24) is 9.78 Å². The molecule has 0 spiro atoms. The Balaban J connectivity index is 2.84. The molecule has 1 rings (SSSR count). The van der Waals surface area contributed by atoms with Gasteiger partial charge in [-0.2, -0.15) is 5.10 Å². The van der Waals surface area contributed by atoms with E-state index in [-0.39, 0.29) is 6.54 Å². The number of rotatable bonds is 3. The normalized spacial score (nSPS) is 11.1. The molecule has 0 bridgehead atoms. The lowest BCUT2D eigenvalue weighted by atomic mass is 10.4. The van der Waals surface area contributed by atoms with Crippen LogP contribution < -0.4 is 0 Å². The topological polar surface area (TPSA) is 17.8 Å². The number of halogens is 2. The lowest BCUT2D eigenvalue weighted by Gasteiger charge is -2.04. The molecular formula is C7H9F2N2S. The Kier molecular flexibility index (Phi) is 3.08. The molecule has 0 aromatic carbocycles. The van der Waals surface area contributed by atoms with Crippen molar-refractivity contribution < 1.29 is 8.78 Å². The van der Waals surface area contributed by atoms with Gasteiger partial charge >= 0.3 is 0 Å². The van der Waals surface area contributed by atoms with Gasteiger partial charge in [0, 0.05) is 5.56 Å². The van der Waals surface area contributed by atoms with Crippen molar-refractivity contribution in [3.63, 3.8) is 0 Å². The van der Waals surface area contributed by atoms with Crippen LogP contribution in [0.3, 0.4) is 0 Å². The fourth-order valence-electron chi connectivity index (χ4n) is 0.935. The summed E-state index contributed by atoms with van der Waals surface area (Å²) in [5.41, 5.74) is 0.822. The molecule has 0 N–H and O–H groups in total. The summed E-state index contributed by atoms with van der Waals surface area (Å²) in [7, 11) is 0. The minimum atomic E-state index is -2.36. The minimum Gasteiger partial charge on any atom is -0.252 e. The maximum absolute atomic E-state index is 12.0. The molecule has 1 aromatic heterocycles. The van der Waals surface area contributed by atoms with Crippen LogP contribution in [0.4, 0.5) is 8.78 Å².